The van der Waals surface area contributed by atoms with Gasteiger partial charge in [0.25, 0.3) is 0 Å². The Morgan fingerprint density at radius 3 is 2.18 bits per heavy atom. The van der Waals surface area contributed by atoms with Gasteiger partial charge in [-0.2, -0.15) is 0 Å². The van der Waals surface area contributed by atoms with Gasteiger partial charge in [0.15, 0.2) is 36.3 Å². The first-order chi connectivity index (χ1) is 34.2. The number of hydrogen-bond acceptors (Lipinski definition) is 18. The molecule has 1 aromatic rings. The second-order valence-corrected chi connectivity index (χ2v) is 20.3. The van der Waals surface area contributed by atoms with Gasteiger partial charge in [0.05, 0.1) is 54.6 Å². The highest BCUT2D eigenvalue weighted by atomic mass is 35.5. The third-order valence-electron chi connectivity index (χ3n) is 13.2. The summed E-state index contributed by atoms with van der Waals surface area (Å²) in [6, 6.07) is 0. The van der Waals surface area contributed by atoms with Gasteiger partial charge in [0.1, 0.15) is 46.7 Å². The predicted molar refractivity (Wildman–Crippen MR) is 270 cm³/mol. The van der Waals surface area contributed by atoms with Gasteiger partial charge in [-0.1, -0.05) is 86.9 Å². The third-order valence-corrected chi connectivity index (χ3v) is 13.9. The van der Waals surface area contributed by atoms with E-state index in [1.807, 2.05) is 32.9 Å². The van der Waals surface area contributed by atoms with E-state index in [4.69, 9.17) is 65.8 Å². The van der Waals surface area contributed by atoms with Crippen LogP contribution in [-0.4, -0.2) is 155 Å². The van der Waals surface area contributed by atoms with E-state index >= 15 is 0 Å². The Kier molecular flexibility index (Phi) is 23.0. The van der Waals surface area contributed by atoms with Crippen LogP contribution >= 0.6 is 23.2 Å². The van der Waals surface area contributed by atoms with Crippen molar-refractivity contribution >= 4 is 41.1 Å². The molecular formula is C53H76Cl2O18. The first kappa shape index (κ1) is 61.7. The Morgan fingerprint density at radius 2 is 1.59 bits per heavy atom. The highest BCUT2D eigenvalue weighted by Gasteiger charge is 2.53. The van der Waals surface area contributed by atoms with E-state index in [-0.39, 0.29) is 57.7 Å². The molecule has 410 valence electrons. The topological polar surface area (TPSA) is 256 Å². The number of ether oxygens (including phenoxy) is 9. The van der Waals surface area contributed by atoms with Crippen molar-refractivity contribution in [2.45, 2.75) is 187 Å². The van der Waals surface area contributed by atoms with E-state index in [1.165, 1.54) is 40.2 Å². The zero-order valence-electron chi connectivity index (χ0n) is 44.0. The lowest BCUT2D eigenvalue weighted by Gasteiger charge is -2.47. The summed E-state index contributed by atoms with van der Waals surface area (Å²) >= 11 is 12.8. The molecule has 1 aromatic carbocycles. The molecule has 3 aliphatic heterocycles. The maximum atomic E-state index is 14.0. The molecule has 3 heterocycles. The number of halogens is 2. The first-order valence-corrected chi connectivity index (χ1v) is 25.3. The maximum Gasteiger partial charge on any atom is 0.342 e. The smallest absolute Gasteiger partial charge is 0.342 e. The minimum absolute atomic E-state index is 0.00570. The van der Waals surface area contributed by atoms with E-state index in [9.17, 15) is 45.0 Å². The monoisotopic (exact) mass is 1070 g/mol. The summed E-state index contributed by atoms with van der Waals surface area (Å²) in [6.07, 6.45) is -5.15. The SMILES string of the molecule is CCc1c(Cl)c(OC)c(Cl)c(O)c1C(=O)O[C@H]1[C@H](O)[C@H](OC)[C@H](OC/C2=C\C=C/C[C@H](O)/C(C)=C/[C@H](CC)C(O[C@@H]3OC(C)(C)[C@@H](OC(=O)C(C)C)[C@H](O)[C@@H]3O)/C(C)=C/C(C)=C/C[C@@H]([C@@H](C)O)OC2=O)O[C@@H]1C. The number of hydrogen-bond donors (Lipinski definition) is 6. The number of rotatable bonds is 14. The second-order valence-electron chi connectivity index (χ2n) is 19.5. The van der Waals surface area contributed by atoms with Crippen LogP contribution in [0.4, 0.5) is 0 Å². The van der Waals surface area contributed by atoms with Gasteiger partial charge in [-0.3, -0.25) is 4.79 Å². The molecule has 0 aliphatic carbocycles. The van der Waals surface area contributed by atoms with Crippen molar-refractivity contribution in [3.8, 4) is 11.5 Å². The van der Waals surface area contributed by atoms with Gasteiger partial charge >= 0.3 is 17.9 Å². The molecule has 4 rings (SSSR count). The van der Waals surface area contributed by atoms with Crippen molar-refractivity contribution in [1.82, 2.24) is 0 Å². The van der Waals surface area contributed by atoms with Gasteiger partial charge < -0.3 is 73.3 Å². The molecule has 6 N–H and O–H groups in total. The first-order valence-electron chi connectivity index (χ1n) is 24.6. The Bertz CT molecular complexity index is 2230. The highest BCUT2D eigenvalue weighted by molar-refractivity contribution is 6.39. The Hall–Kier alpha value is -3.89. The van der Waals surface area contributed by atoms with Crippen LogP contribution in [0.5, 0.6) is 11.5 Å². The van der Waals surface area contributed by atoms with Crippen molar-refractivity contribution in [2.24, 2.45) is 11.8 Å². The number of carbonyl (C=O) groups is 3. The number of carbonyl (C=O) groups excluding carboxylic acids is 3. The van der Waals surface area contributed by atoms with Crippen LogP contribution in [-0.2, 0) is 53.9 Å². The van der Waals surface area contributed by atoms with E-state index in [0.717, 1.165) is 0 Å². The predicted octanol–water partition coefficient (Wildman–Crippen LogP) is 6.54. The fraction of sp³-hybridized carbons (Fsp3) is 0.642. The van der Waals surface area contributed by atoms with E-state index in [0.29, 0.717) is 23.1 Å². The molecule has 0 radical (unpaired) electrons. The van der Waals surface area contributed by atoms with Gasteiger partial charge in [-0.25, -0.2) is 9.59 Å². The lowest BCUT2D eigenvalue weighted by atomic mass is 9.88. The quantitative estimate of drug-likeness (QED) is 0.0657. The van der Waals surface area contributed by atoms with Crippen LogP contribution < -0.4 is 4.74 Å². The second kappa shape index (κ2) is 27.2. The molecule has 20 heteroatoms. The van der Waals surface area contributed by atoms with Crippen LogP contribution in [0.1, 0.15) is 111 Å². The summed E-state index contributed by atoms with van der Waals surface area (Å²) in [5, 5.41) is 67.0. The molecule has 0 amide bonds. The van der Waals surface area contributed by atoms with Crippen LogP contribution in [0.2, 0.25) is 10.0 Å². The molecule has 73 heavy (non-hydrogen) atoms. The molecule has 2 saturated heterocycles. The Labute approximate surface area is 438 Å². The molecule has 2 fully saturated rings. The summed E-state index contributed by atoms with van der Waals surface area (Å²) in [5.74, 6) is -3.97. The third kappa shape index (κ3) is 15.2. The van der Waals surface area contributed by atoms with Crippen molar-refractivity contribution < 1.29 is 87.7 Å². The lowest BCUT2D eigenvalue weighted by Crippen LogP contribution is -2.64. The lowest BCUT2D eigenvalue weighted by molar-refractivity contribution is -0.333. The number of aliphatic hydroxyl groups is 5. The van der Waals surface area contributed by atoms with Crippen molar-refractivity contribution in [3.63, 3.8) is 0 Å². The Morgan fingerprint density at radius 1 is 0.918 bits per heavy atom. The number of phenols is 1. The molecule has 3 aliphatic rings. The molecule has 0 spiro atoms. The minimum atomic E-state index is -1.60. The summed E-state index contributed by atoms with van der Waals surface area (Å²) < 4.78 is 52.9. The molecule has 14 atom stereocenters. The molecule has 0 bridgehead atoms. The van der Waals surface area contributed by atoms with Gasteiger partial charge in [-0.05, 0) is 90.5 Å². The zero-order chi connectivity index (χ0) is 54.8. The molecule has 0 aromatic heterocycles. The molecule has 18 nitrogen and oxygen atoms in total. The fourth-order valence-corrected chi connectivity index (χ4v) is 9.48. The standard InChI is InChI=1S/C53H76Cl2O18/c1-14-31-23-27(6)34(57)19-17-16-18-32(24-67-52-46(66-13)42(61)44(30(9)68-52)70-50(64)36-33(15-2)37(54)45(65-12)38(55)39(36)58)49(63)69-35(29(8)56)21-20-26(5)22-28(7)43(31)71-51-41(60)40(59)47(53(10,11)73-51)72-48(62)25(3)4/h16-18,20,22-23,25,29-31,34-35,40-44,46-47,51-52,56-61H,14-15,19,21,24H2,1-13H3/b17-16-,26-20+,27-23+,28-22+,32-18+/t29-,30-,31+,34+,35+,40-,41+,42+,43?,44-,46+,47+,51-,52-/m1/s1. The van der Waals surface area contributed by atoms with Crippen molar-refractivity contribution in [1.29, 1.82) is 0 Å². The normalized spacial score (nSPS) is 34.5. The zero-order valence-corrected chi connectivity index (χ0v) is 45.5. The molecule has 0 saturated carbocycles. The largest absolute Gasteiger partial charge is 0.505 e. The van der Waals surface area contributed by atoms with E-state index in [2.05, 4.69) is 0 Å². The number of cyclic esters (lactones) is 1. The van der Waals surface area contributed by atoms with Crippen molar-refractivity contribution in [2.75, 3.05) is 20.8 Å². The average molecular weight is 1070 g/mol. The number of aromatic hydroxyl groups is 1. The van der Waals surface area contributed by atoms with Crippen molar-refractivity contribution in [3.05, 3.63) is 79.9 Å². The molecule has 1 unspecified atom stereocenters. The highest BCUT2D eigenvalue weighted by Crippen LogP contribution is 2.46. The van der Waals surface area contributed by atoms with E-state index < -0.39 is 122 Å². The number of allylic oxidation sites excluding steroid dienone is 4. The summed E-state index contributed by atoms with van der Waals surface area (Å²) in [5.41, 5.74) is 0.581. The maximum absolute atomic E-state index is 14.0. The Balaban J connectivity index is 1.61. The fourth-order valence-electron chi connectivity index (χ4n) is 8.77. The minimum Gasteiger partial charge on any atom is -0.505 e. The number of benzene rings is 1. The van der Waals surface area contributed by atoms with Gasteiger partial charge in [0, 0.05) is 19.4 Å². The van der Waals surface area contributed by atoms with Crippen LogP contribution in [0.3, 0.4) is 0 Å². The molecular weight excluding hydrogens is 995 g/mol. The van der Waals surface area contributed by atoms with Crippen LogP contribution in [0.15, 0.2) is 58.7 Å². The summed E-state index contributed by atoms with van der Waals surface area (Å²) in [4.78, 5) is 40.2. The number of aliphatic hydroxyl groups excluding tert-OH is 5. The number of methoxy groups -OCH3 is 2. The summed E-state index contributed by atoms with van der Waals surface area (Å²) in [7, 11) is 2.59. The van der Waals surface area contributed by atoms with E-state index in [1.54, 1.807) is 53.7 Å². The number of phenolic OH excluding ortho intramolecular Hbond substituents is 1. The number of esters is 3. The van der Waals surface area contributed by atoms with Crippen LogP contribution in [0, 0.1) is 11.8 Å². The van der Waals surface area contributed by atoms with Gasteiger partial charge in [0.2, 0.25) is 0 Å². The van der Waals surface area contributed by atoms with Gasteiger partial charge in [-0.15, -0.1) is 0 Å². The van der Waals surface area contributed by atoms with Crippen LogP contribution in [0.25, 0.3) is 0 Å². The summed E-state index contributed by atoms with van der Waals surface area (Å²) in [6.45, 7) is 18.2. The average Bonchev–Trinajstić information content (AvgIpc) is 3.32.